The topological polar surface area (TPSA) is 9.23 Å². The SMILES string of the molecule is CCCCCCCC[C+](C)OC. The second-order valence-electron chi connectivity index (χ2n) is 3.42. The summed E-state index contributed by atoms with van der Waals surface area (Å²) in [5.41, 5.74) is 0. The van der Waals surface area contributed by atoms with Crippen LogP contribution in [0.1, 0.15) is 58.8 Å². The van der Waals surface area contributed by atoms with Crippen LogP contribution >= 0.6 is 0 Å². The van der Waals surface area contributed by atoms with E-state index in [-0.39, 0.29) is 0 Å². The van der Waals surface area contributed by atoms with Gasteiger partial charge in [-0.15, -0.1) is 0 Å². The zero-order valence-electron chi connectivity index (χ0n) is 8.86. The molecule has 0 amide bonds. The fraction of sp³-hybridized carbons (Fsp3) is 0.909. The third-order valence-electron chi connectivity index (χ3n) is 2.23. The molecule has 0 aliphatic carbocycles. The Morgan fingerprint density at radius 3 is 2.17 bits per heavy atom. The molecule has 0 aliphatic rings. The van der Waals surface area contributed by atoms with Crippen molar-refractivity contribution in [3.63, 3.8) is 0 Å². The lowest BCUT2D eigenvalue weighted by molar-refractivity contribution is 0.201. The first-order valence-corrected chi connectivity index (χ1v) is 5.17. The van der Waals surface area contributed by atoms with Crippen molar-refractivity contribution in [1.29, 1.82) is 0 Å². The first-order valence-electron chi connectivity index (χ1n) is 5.17. The lowest BCUT2D eigenvalue weighted by atomic mass is 10.1. The number of hydrogen-bond donors (Lipinski definition) is 0. The molecule has 72 valence electrons. The molecule has 0 spiro atoms. The molecule has 0 bridgehead atoms. The van der Waals surface area contributed by atoms with Gasteiger partial charge in [-0.05, 0) is 12.8 Å². The van der Waals surface area contributed by atoms with E-state index >= 15 is 0 Å². The molecule has 0 saturated carbocycles. The van der Waals surface area contributed by atoms with Gasteiger partial charge in [0.05, 0.1) is 7.11 Å². The van der Waals surface area contributed by atoms with Crippen molar-refractivity contribution in [1.82, 2.24) is 0 Å². The third kappa shape index (κ3) is 7.93. The van der Waals surface area contributed by atoms with E-state index in [1.165, 1.54) is 44.6 Å². The van der Waals surface area contributed by atoms with Crippen molar-refractivity contribution in [2.75, 3.05) is 7.11 Å². The van der Waals surface area contributed by atoms with Gasteiger partial charge < -0.3 is 0 Å². The summed E-state index contributed by atoms with van der Waals surface area (Å²) < 4.78 is 5.09. The molecule has 0 aromatic rings. The minimum atomic E-state index is 1.14. The average Bonchev–Trinajstić information content (AvgIpc) is 2.10. The number of rotatable bonds is 8. The first kappa shape index (κ1) is 11.8. The van der Waals surface area contributed by atoms with E-state index in [1.807, 2.05) is 0 Å². The first-order chi connectivity index (χ1) is 5.81. The molecule has 0 atom stereocenters. The lowest BCUT2D eigenvalue weighted by Gasteiger charge is -1.98. The predicted molar refractivity (Wildman–Crippen MR) is 53.9 cm³/mol. The number of ether oxygens (including phenoxy) is 1. The minimum Gasteiger partial charge on any atom is -0.198 e. The van der Waals surface area contributed by atoms with Gasteiger partial charge in [0, 0.05) is 0 Å². The zero-order chi connectivity index (χ0) is 9.23. The lowest BCUT2D eigenvalue weighted by Crippen LogP contribution is -1.93. The van der Waals surface area contributed by atoms with Gasteiger partial charge in [0.1, 0.15) is 13.3 Å². The molecule has 0 heterocycles. The van der Waals surface area contributed by atoms with E-state index < -0.39 is 0 Å². The fourth-order valence-electron chi connectivity index (χ4n) is 1.26. The Balaban J connectivity index is 2.90. The highest BCUT2D eigenvalue weighted by molar-refractivity contribution is 4.69. The van der Waals surface area contributed by atoms with Crippen molar-refractivity contribution < 1.29 is 4.74 Å². The average molecular weight is 171 g/mol. The highest BCUT2D eigenvalue weighted by Crippen LogP contribution is 2.13. The monoisotopic (exact) mass is 171 g/mol. The van der Waals surface area contributed by atoms with Crippen LogP contribution in [0.5, 0.6) is 0 Å². The molecule has 0 aromatic heterocycles. The van der Waals surface area contributed by atoms with E-state index in [0.717, 1.165) is 6.42 Å². The van der Waals surface area contributed by atoms with Crippen LogP contribution in [0, 0.1) is 6.10 Å². The molecule has 1 nitrogen and oxygen atoms in total. The van der Waals surface area contributed by atoms with Gasteiger partial charge in [-0.3, -0.25) is 0 Å². The summed E-state index contributed by atoms with van der Waals surface area (Å²) in [6.07, 6.45) is 10.5. The van der Waals surface area contributed by atoms with Crippen molar-refractivity contribution in [3.8, 4) is 0 Å². The molecule has 12 heavy (non-hydrogen) atoms. The van der Waals surface area contributed by atoms with Gasteiger partial charge in [-0.25, -0.2) is 0 Å². The second kappa shape index (κ2) is 8.92. The summed E-state index contributed by atoms with van der Waals surface area (Å²) in [5, 5.41) is 0. The molecule has 0 saturated heterocycles. The molecular formula is C11H23O+. The van der Waals surface area contributed by atoms with Crippen molar-refractivity contribution >= 4 is 0 Å². The number of unbranched alkanes of at least 4 members (excludes halogenated alkanes) is 5. The summed E-state index contributed by atoms with van der Waals surface area (Å²) in [4.78, 5) is 0. The van der Waals surface area contributed by atoms with E-state index in [9.17, 15) is 0 Å². The molecule has 0 aliphatic heterocycles. The van der Waals surface area contributed by atoms with Crippen LogP contribution in [-0.4, -0.2) is 7.11 Å². The van der Waals surface area contributed by atoms with Crippen LogP contribution in [0.2, 0.25) is 0 Å². The summed E-state index contributed by atoms with van der Waals surface area (Å²) in [6, 6.07) is 0. The standard InChI is InChI=1S/C11H23O/c1-4-5-6-7-8-9-10-11(2)12-3/h4-10H2,1-3H3/q+1. The van der Waals surface area contributed by atoms with Crippen LogP contribution in [0.3, 0.4) is 0 Å². The normalized spacial score (nSPS) is 10.2. The van der Waals surface area contributed by atoms with E-state index in [2.05, 4.69) is 13.8 Å². The smallest absolute Gasteiger partial charge is 0.198 e. The largest absolute Gasteiger partial charge is 0.237 e. The highest BCUT2D eigenvalue weighted by atomic mass is 16.5. The quantitative estimate of drug-likeness (QED) is 0.397. The maximum Gasteiger partial charge on any atom is 0.237 e. The molecule has 0 aromatic carbocycles. The molecule has 1 heteroatoms. The van der Waals surface area contributed by atoms with Crippen LogP contribution in [0.4, 0.5) is 0 Å². The Labute approximate surface area is 77.5 Å². The predicted octanol–water partition coefficient (Wildman–Crippen LogP) is 3.94. The van der Waals surface area contributed by atoms with E-state index in [0.29, 0.717) is 0 Å². The fourth-order valence-corrected chi connectivity index (χ4v) is 1.26. The van der Waals surface area contributed by atoms with E-state index in [4.69, 9.17) is 4.74 Å². The molecule has 0 rings (SSSR count). The zero-order valence-corrected chi connectivity index (χ0v) is 8.86. The Morgan fingerprint density at radius 1 is 1.00 bits per heavy atom. The molecule has 0 N–H and O–H groups in total. The van der Waals surface area contributed by atoms with Gasteiger partial charge >= 0.3 is 0 Å². The summed E-state index contributed by atoms with van der Waals surface area (Å²) in [5.74, 6) is 0. The summed E-state index contributed by atoms with van der Waals surface area (Å²) in [6.45, 7) is 4.31. The van der Waals surface area contributed by atoms with Crippen LogP contribution in [-0.2, 0) is 4.74 Å². The second-order valence-corrected chi connectivity index (χ2v) is 3.42. The van der Waals surface area contributed by atoms with Gasteiger partial charge in [0.25, 0.3) is 0 Å². The minimum absolute atomic E-state index is 1.14. The van der Waals surface area contributed by atoms with Crippen LogP contribution in [0.25, 0.3) is 0 Å². The van der Waals surface area contributed by atoms with Crippen LogP contribution < -0.4 is 0 Å². The summed E-state index contributed by atoms with van der Waals surface area (Å²) >= 11 is 0. The Kier molecular flexibility index (Phi) is 8.80. The van der Waals surface area contributed by atoms with E-state index in [1.54, 1.807) is 7.11 Å². The highest BCUT2D eigenvalue weighted by Gasteiger charge is 2.10. The van der Waals surface area contributed by atoms with Crippen molar-refractivity contribution in [2.45, 2.75) is 58.8 Å². The molecule has 0 radical (unpaired) electrons. The van der Waals surface area contributed by atoms with Crippen molar-refractivity contribution in [2.24, 2.45) is 0 Å². The molecule has 0 fully saturated rings. The van der Waals surface area contributed by atoms with Crippen LogP contribution in [0.15, 0.2) is 0 Å². The van der Waals surface area contributed by atoms with Gasteiger partial charge in [0.15, 0.2) is 0 Å². The maximum absolute atomic E-state index is 5.09. The summed E-state index contributed by atoms with van der Waals surface area (Å²) in [7, 11) is 1.76. The Bertz CT molecular complexity index is 81.1. The third-order valence-corrected chi connectivity index (χ3v) is 2.23. The maximum atomic E-state index is 5.09. The number of methoxy groups -OCH3 is 1. The van der Waals surface area contributed by atoms with Crippen molar-refractivity contribution in [3.05, 3.63) is 6.10 Å². The van der Waals surface area contributed by atoms with Gasteiger partial charge in [0.2, 0.25) is 6.10 Å². The Morgan fingerprint density at radius 2 is 1.58 bits per heavy atom. The van der Waals surface area contributed by atoms with Gasteiger partial charge in [-0.2, -0.15) is 4.74 Å². The number of hydrogen-bond acceptors (Lipinski definition) is 1. The van der Waals surface area contributed by atoms with Gasteiger partial charge in [-0.1, -0.05) is 32.6 Å². The Hall–Kier alpha value is -0.170. The molecular weight excluding hydrogens is 148 g/mol. The molecule has 0 unspecified atom stereocenters.